The molecule has 0 aliphatic carbocycles. The molecule has 2 aromatic heterocycles. The van der Waals surface area contributed by atoms with Crippen LogP contribution in [0.3, 0.4) is 0 Å². The number of hydrogen-bond donors (Lipinski definition) is 1. The highest BCUT2D eigenvalue weighted by molar-refractivity contribution is 7.99. The van der Waals surface area contributed by atoms with Crippen molar-refractivity contribution in [1.82, 2.24) is 19.3 Å². The largest absolute Gasteiger partial charge is 0.376 e. The Morgan fingerprint density at radius 1 is 1.23 bits per heavy atom. The molecule has 0 saturated carbocycles. The van der Waals surface area contributed by atoms with Crippen LogP contribution in [0.4, 0.5) is 0 Å². The second-order valence-corrected chi connectivity index (χ2v) is 10.0. The summed E-state index contributed by atoms with van der Waals surface area (Å²) in [6.07, 6.45) is 2.72. The fraction of sp³-hybridized carbons (Fsp3) is 0.462. The number of aromatic nitrogens is 4. The van der Waals surface area contributed by atoms with Crippen LogP contribution < -0.4 is 5.73 Å². The van der Waals surface area contributed by atoms with Crippen molar-refractivity contribution >= 4 is 23.5 Å². The number of hydrogen-bond acceptors (Lipinski definition) is 6. The third-order valence-electron chi connectivity index (χ3n) is 6.59. The lowest BCUT2D eigenvalue weighted by atomic mass is 10.1. The third-order valence-corrected chi connectivity index (χ3v) is 7.55. The minimum Gasteiger partial charge on any atom is -0.376 e. The Balaban J connectivity index is 1.50. The summed E-state index contributed by atoms with van der Waals surface area (Å²) in [4.78, 5) is 24.6. The molecule has 35 heavy (non-hydrogen) atoms. The summed E-state index contributed by atoms with van der Waals surface area (Å²) in [5.74, 6) is 0.633. The van der Waals surface area contributed by atoms with Crippen LogP contribution in [0.25, 0.3) is 0 Å². The second kappa shape index (κ2) is 11.2. The summed E-state index contributed by atoms with van der Waals surface area (Å²) < 4.78 is 10.0. The van der Waals surface area contributed by atoms with Crippen molar-refractivity contribution < 1.29 is 14.3 Å². The molecule has 2 atom stereocenters. The van der Waals surface area contributed by atoms with Crippen LogP contribution in [-0.4, -0.2) is 49.5 Å². The first-order valence-corrected chi connectivity index (χ1v) is 13.0. The van der Waals surface area contributed by atoms with Gasteiger partial charge >= 0.3 is 0 Å². The van der Waals surface area contributed by atoms with Crippen molar-refractivity contribution in [2.45, 2.75) is 70.3 Å². The Morgan fingerprint density at radius 3 is 2.69 bits per heavy atom. The van der Waals surface area contributed by atoms with Gasteiger partial charge in [0.2, 0.25) is 5.91 Å². The van der Waals surface area contributed by atoms with E-state index in [2.05, 4.69) is 33.8 Å². The van der Waals surface area contributed by atoms with Gasteiger partial charge in [-0.05, 0) is 45.2 Å². The molecule has 1 saturated heterocycles. The molecular weight excluding hydrogens is 462 g/mol. The van der Waals surface area contributed by atoms with Crippen LogP contribution in [0.1, 0.15) is 65.4 Å². The molecule has 3 heterocycles. The number of primary amides is 1. The smallest absolute Gasteiger partial charge is 0.217 e. The molecule has 2 N–H and O–H groups in total. The zero-order valence-corrected chi connectivity index (χ0v) is 21.4. The third kappa shape index (κ3) is 5.85. The van der Waals surface area contributed by atoms with Crippen LogP contribution >= 0.6 is 11.8 Å². The van der Waals surface area contributed by atoms with E-state index in [4.69, 9.17) is 10.5 Å². The number of benzene rings is 1. The number of Topliss-reactive ketones (excluding diaryl/α,β-unsaturated/α-hetero) is 1. The molecule has 4 rings (SSSR count). The van der Waals surface area contributed by atoms with Crippen molar-refractivity contribution in [3.8, 4) is 0 Å². The molecule has 1 amide bonds. The number of ether oxygens (including phenoxy) is 1. The standard InChI is InChI=1S/C26H33N5O3S/c1-17-14-22(19(3)31(17)18(2)20-8-5-4-6-9-20)23(32)16-35-26-29-28-25(12-11-24(27)33)30(26)15-21-10-7-13-34-21/h4-6,8-9,14,18,21H,7,10-13,15-16H2,1-3H3,(H2,27,33). The number of carbonyl (C=O) groups is 2. The van der Waals surface area contributed by atoms with E-state index >= 15 is 0 Å². The fourth-order valence-electron chi connectivity index (χ4n) is 4.76. The molecule has 3 aromatic rings. The predicted octanol–water partition coefficient (Wildman–Crippen LogP) is 3.88. The zero-order chi connectivity index (χ0) is 24.9. The molecule has 8 nitrogen and oxygen atoms in total. The van der Waals surface area contributed by atoms with E-state index < -0.39 is 0 Å². The van der Waals surface area contributed by atoms with Crippen molar-refractivity contribution in [3.05, 3.63) is 64.7 Å². The number of aryl methyl sites for hydroxylation is 2. The van der Waals surface area contributed by atoms with Crippen LogP contribution in [0.5, 0.6) is 0 Å². The predicted molar refractivity (Wildman–Crippen MR) is 136 cm³/mol. The number of carbonyl (C=O) groups excluding carboxylic acids is 2. The molecule has 1 aliphatic heterocycles. The lowest BCUT2D eigenvalue weighted by Crippen LogP contribution is -2.19. The van der Waals surface area contributed by atoms with Gasteiger partial charge in [-0.15, -0.1) is 10.2 Å². The zero-order valence-electron chi connectivity index (χ0n) is 20.6. The van der Waals surface area contributed by atoms with E-state index in [9.17, 15) is 9.59 Å². The van der Waals surface area contributed by atoms with Gasteiger partial charge in [0, 0.05) is 36.4 Å². The summed E-state index contributed by atoms with van der Waals surface area (Å²) >= 11 is 1.38. The van der Waals surface area contributed by atoms with Crippen LogP contribution in [-0.2, 0) is 22.5 Å². The van der Waals surface area contributed by atoms with Crippen molar-refractivity contribution in [3.63, 3.8) is 0 Å². The van der Waals surface area contributed by atoms with E-state index in [1.54, 1.807) is 0 Å². The highest BCUT2D eigenvalue weighted by atomic mass is 32.2. The number of nitrogens with two attached hydrogens (primary N) is 1. The van der Waals surface area contributed by atoms with E-state index in [0.29, 0.717) is 23.9 Å². The molecule has 186 valence electrons. The maximum Gasteiger partial charge on any atom is 0.217 e. The van der Waals surface area contributed by atoms with Gasteiger partial charge in [-0.3, -0.25) is 9.59 Å². The summed E-state index contributed by atoms with van der Waals surface area (Å²) in [6.45, 7) is 7.56. The molecule has 0 bridgehead atoms. The van der Waals surface area contributed by atoms with Crippen LogP contribution in [0, 0.1) is 13.8 Å². The molecule has 1 fully saturated rings. The number of thioether (sulfide) groups is 1. The quantitative estimate of drug-likeness (QED) is 0.320. The normalized spacial score (nSPS) is 16.5. The molecule has 1 aliphatic rings. The van der Waals surface area contributed by atoms with Gasteiger partial charge in [-0.1, -0.05) is 42.1 Å². The number of ketones is 1. The van der Waals surface area contributed by atoms with E-state index in [1.807, 2.05) is 42.7 Å². The molecule has 9 heteroatoms. The van der Waals surface area contributed by atoms with Gasteiger partial charge in [0.1, 0.15) is 5.82 Å². The number of rotatable bonds is 11. The summed E-state index contributed by atoms with van der Waals surface area (Å²) in [6, 6.07) is 12.4. The molecule has 2 unspecified atom stereocenters. The topological polar surface area (TPSA) is 105 Å². The average molecular weight is 496 g/mol. The van der Waals surface area contributed by atoms with Crippen molar-refractivity contribution in [2.24, 2.45) is 5.73 Å². The Labute approximate surface area is 210 Å². The van der Waals surface area contributed by atoms with Gasteiger partial charge in [-0.25, -0.2) is 0 Å². The lowest BCUT2D eigenvalue weighted by Gasteiger charge is -2.19. The van der Waals surface area contributed by atoms with Gasteiger partial charge in [-0.2, -0.15) is 0 Å². The van der Waals surface area contributed by atoms with Gasteiger partial charge in [0.25, 0.3) is 0 Å². The Morgan fingerprint density at radius 2 is 2.00 bits per heavy atom. The summed E-state index contributed by atoms with van der Waals surface area (Å²) in [7, 11) is 0. The Hall–Kier alpha value is -2.91. The number of amides is 1. The Bertz CT molecular complexity index is 1180. The maximum absolute atomic E-state index is 13.3. The first kappa shape index (κ1) is 25.2. The van der Waals surface area contributed by atoms with Gasteiger partial charge in [0.05, 0.1) is 24.4 Å². The van der Waals surface area contributed by atoms with E-state index in [-0.39, 0.29) is 36.0 Å². The lowest BCUT2D eigenvalue weighted by molar-refractivity contribution is -0.118. The highest BCUT2D eigenvalue weighted by Crippen LogP contribution is 2.28. The van der Waals surface area contributed by atoms with E-state index in [0.717, 1.165) is 36.4 Å². The van der Waals surface area contributed by atoms with Crippen molar-refractivity contribution in [1.29, 1.82) is 0 Å². The highest BCUT2D eigenvalue weighted by Gasteiger charge is 2.23. The summed E-state index contributed by atoms with van der Waals surface area (Å²) in [5, 5.41) is 9.28. The van der Waals surface area contributed by atoms with E-state index in [1.165, 1.54) is 17.3 Å². The fourth-order valence-corrected chi connectivity index (χ4v) is 5.61. The molecule has 1 aromatic carbocycles. The number of nitrogens with zero attached hydrogens (tertiary/aromatic N) is 4. The monoisotopic (exact) mass is 495 g/mol. The second-order valence-electron chi connectivity index (χ2n) is 9.06. The van der Waals surface area contributed by atoms with Crippen LogP contribution in [0.2, 0.25) is 0 Å². The molecular formula is C26H33N5O3S. The van der Waals surface area contributed by atoms with Crippen molar-refractivity contribution in [2.75, 3.05) is 12.4 Å². The first-order valence-electron chi connectivity index (χ1n) is 12.1. The molecule has 0 spiro atoms. The molecule has 0 radical (unpaired) electrons. The Kier molecular flexibility index (Phi) is 8.07. The first-order chi connectivity index (χ1) is 16.8. The SMILES string of the molecule is Cc1cc(C(=O)CSc2nnc(CCC(N)=O)n2CC2CCCO2)c(C)n1C(C)c1ccccc1. The van der Waals surface area contributed by atoms with Crippen LogP contribution in [0.15, 0.2) is 41.6 Å². The minimum absolute atomic E-state index is 0.0555. The average Bonchev–Trinajstić information content (AvgIpc) is 3.56. The maximum atomic E-state index is 13.3. The van der Waals surface area contributed by atoms with Gasteiger partial charge in [0.15, 0.2) is 10.9 Å². The minimum atomic E-state index is -0.374. The summed E-state index contributed by atoms with van der Waals surface area (Å²) in [5.41, 5.74) is 9.30. The van der Waals surface area contributed by atoms with Gasteiger partial charge < -0.3 is 19.6 Å².